The number of para-hydroxylation sites is 1. The highest BCUT2D eigenvalue weighted by molar-refractivity contribution is 5.83. The maximum absolute atomic E-state index is 6.93. The van der Waals surface area contributed by atoms with Gasteiger partial charge in [-0.05, 0) is 48.9 Å². The molecule has 2 N–H and O–H groups in total. The number of piperidine rings is 3. The fourth-order valence-corrected chi connectivity index (χ4v) is 4.82. The van der Waals surface area contributed by atoms with Gasteiger partial charge in [0.05, 0.1) is 5.52 Å². The first-order valence-corrected chi connectivity index (χ1v) is 9.91. The monoisotopic (exact) mass is 349 g/mol. The largest absolute Gasteiger partial charge is 0.323 e. The number of fused-ring (bicyclic) bond motifs is 4. The number of aromatic nitrogens is 1. The van der Waals surface area contributed by atoms with Crippen molar-refractivity contribution in [3.05, 3.63) is 54.2 Å². The second-order valence-corrected chi connectivity index (χ2v) is 9.14. The zero-order valence-electron chi connectivity index (χ0n) is 16.3. The Morgan fingerprint density at radius 3 is 2.73 bits per heavy atom. The minimum absolute atomic E-state index is 0.0122. The molecule has 5 rings (SSSR count). The Bertz CT molecular complexity index is 820. The third kappa shape index (κ3) is 2.97. The van der Waals surface area contributed by atoms with Crippen molar-refractivity contribution in [2.45, 2.75) is 51.1 Å². The maximum atomic E-state index is 6.93. The zero-order valence-corrected chi connectivity index (χ0v) is 16.3. The number of benzene rings is 1. The smallest absolute Gasteiger partial charge is 0.0708 e. The molecule has 0 radical (unpaired) electrons. The van der Waals surface area contributed by atoms with Crippen molar-refractivity contribution in [1.29, 1.82) is 0 Å². The number of rotatable bonds is 3. The van der Waals surface area contributed by atoms with Crippen molar-refractivity contribution < 1.29 is 0 Å². The number of hydrogen-bond donors (Lipinski definition) is 1. The Morgan fingerprint density at radius 1 is 1.31 bits per heavy atom. The van der Waals surface area contributed by atoms with E-state index >= 15 is 0 Å². The highest BCUT2D eigenvalue weighted by Crippen LogP contribution is 2.41. The van der Waals surface area contributed by atoms with Crippen LogP contribution in [0.5, 0.6) is 0 Å². The summed E-state index contributed by atoms with van der Waals surface area (Å²) in [5, 5.41) is 1.20. The van der Waals surface area contributed by atoms with Crippen LogP contribution in [-0.2, 0) is 5.41 Å². The highest BCUT2D eigenvalue weighted by atomic mass is 15.2. The minimum Gasteiger partial charge on any atom is -0.323 e. The first kappa shape index (κ1) is 17.7. The van der Waals surface area contributed by atoms with Crippen LogP contribution >= 0.6 is 0 Å². The minimum atomic E-state index is 0.0122. The SMILES string of the molecule is C=CC1CN2CCC1CC2[C@@H](N)c1cc(C(C)(C)C)nc2ccccc12. The highest BCUT2D eigenvalue weighted by Gasteiger charge is 2.41. The summed E-state index contributed by atoms with van der Waals surface area (Å²) in [7, 11) is 0. The molecule has 4 unspecified atom stereocenters. The van der Waals surface area contributed by atoms with Crippen LogP contribution in [0.25, 0.3) is 10.9 Å². The third-order valence-corrected chi connectivity index (χ3v) is 6.44. The van der Waals surface area contributed by atoms with Crippen molar-refractivity contribution in [2.24, 2.45) is 17.6 Å². The van der Waals surface area contributed by atoms with Crippen LogP contribution in [0.2, 0.25) is 0 Å². The molecule has 3 aliphatic heterocycles. The summed E-state index contributed by atoms with van der Waals surface area (Å²) in [6, 6.07) is 11.2. The Kier molecular flexibility index (Phi) is 4.40. The van der Waals surface area contributed by atoms with E-state index in [2.05, 4.69) is 68.7 Å². The first-order valence-electron chi connectivity index (χ1n) is 9.91. The zero-order chi connectivity index (χ0) is 18.5. The van der Waals surface area contributed by atoms with E-state index in [1.54, 1.807) is 0 Å². The quantitative estimate of drug-likeness (QED) is 0.834. The molecule has 3 heteroatoms. The summed E-state index contributed by atoms with van der Waals surface area (Å²) >= 11 is 0. The molecular formula is C23H31N3. The first-order chi connectivity index (χ1) is 12.4. The summed E-state index contributed by atoms with van der Waals surface area (Å²) in [6.45, 7) is 13.0. The average molecular weight is 350 g/mol. The summed E-state index contributed by atoms with van der Waals surface area (Å²) in [4.78, 5) is 7.53. The van der Waals surface area contributed by atoms with E-state index in [1.807, 2.05) is 0 Å². The molecule has 0 spiro atoms. The molecule has 3 aliphatic rings. The predicted molar refractivity (Wildman–Crippen MR) is 109 cm³/mol. The molecule has 5 atom stereocenters. The predicted octanol–water partition coefficient (Wildman–Crippen LogP) is 4.43. The molecule has 0 saturated carbocycles. The van der Waals surface area contributed by atoms with Crippen LogP contribution in [0, 0.1) is 11.8 Å². The lowest BCUT2D eigenvalue weighted by atomic mass is 9.73. The molecule has 4 heterocycles. The van der Waals surface area contributed by atoms with E-state index in [0.29, 0.717) is 12.0 Å². The van der Waals surface area contributed by atoms with Crippen LogP contribution in [0.4, 0.5) is 0 Å². The van der Waals surface area contributed by atoms with E-state index in [4.69, 9.17) is 10.7 Å². The van der Waals surface area contributed by atoms with Gasteiger partial charge in [-0.3, -0.25) is 9.88 Å². The summed E-state index contributed by atoms with van der Waals surface area (Å²) in [5.74, 6) is 1.37. The normalized spacial score (nSPS) is 29.7. The Labute approximate surface area is 157 Å². The van der Waals surface area contributed by atoms with Gasteiger partial charge in [0.25, 0.3) is 0 Å². The lowest BCUT2D eigenvalue weighted by Crippen LogP contribution is -2.56. The summed E-state index contributed by atoms with van der Waals surface area (Å²) in [5.41, 5.74) is 10.4. The average Bonchev–Trinajstić information content (AvgIpc) is 2.66. The molecule has 26 heavy (non-hydrogen) atoms. The van der Waals surface area contributed by atoms with Crippen molar-refractivity contribution in [2.75, 3.05) is 13.1 Å². The van der Waals surface area contributed by atoms with Gasteiger partial charge >= 0.3 is 0 Å². The molecular weight excluding hydrogens is 318 g/mol. The van der Waals surface area contributed by atoms with Crippen molar-refractivity contribution in [3.8, 4) is 0 Å². The second kappa shape index (κ2) is 6.47. The fraction of sp³-hybridized carbons (Fsp3) is 0.522. The van der Waals surface area contributed by atoms with Gasteiger partial charge in [0.15, 0.2) is 0 Å². The molecule has 2 aromatic rings. The standard InChI is InChI=1S/C23H31N3/c1-5-15-14-26-11-10-16(15)12-20(26)22(24)18-13-21(23(2,3)4)25-19-9-7-6-8-17(18)19/h5-9,13,15-16,20,22H,1,10-12,14,24H2,2-4H3/t15?,16?,20?,22-/m0/s1. The molecule has 0 amide bonds. The Morgan fingerprint density at radius 2 is 2.08 bits per heavy atom. The van der Waals surface area contributed by atoms with Gasteiger partial charge in [0.2, 0.25) is 0 Å². The summed E-state index contributed by atoms with van der Waals surface area (Å²) in [6.07, 6.45) is 4.61. The van der Waals surface area contributed by atoms with Gasteiger partial charge in [-0.2, -0.15) is 0 Å². The van der Waals surface area contributed by atoms with Crippen molar-refractivity contribution >= 4 is 10.9 Å². The molecule has 3 nitrogen and oxygen atoms in total. The number of nitrogens with zero attached hydrogens (tertiary/aromatic N) is 2. The van der Waals surface area contributed by atoms with E-state index in [9.17, 15) is 0 Å². The number of nitrogens with two attached hydrogens (primary N) is 1. The third-order valence-electron chi connectivity index (χ3n) is 6.44. The van der Waals surface area contributed by atoms with Gasteiger partial charge in [-0.1, -0.05) is 45.0 Å². The topological polar surface area (TPSA) is 42.1 Å². The summed E-state index contributed by atoms with van der Waals surface area (Å²) < 4.78 is 0. The van der Waals surface area contributed by atoms with Crippen LogP contribution in [0.15, 0.2) is 43.0 Å². The Hall–Kier alpha value is -1.71. The molecule has 1 aromatic carbocycles. The number of hydrogen-bond acceptors (Lipinski definition) is 3. The molecule has 3 saturated heterocycles. The van der Waals surface area contributed by atoms with Crippen molar-refractivity contribution in [1.82, 2.24) is 9.88 Å². The van der Waals surface area contributed by atoms with Gasteiger partial charge in [0, 0.05) is 35.1 Å². The van der Waals surface area contributed by atoms with Gasteiger partial charge in [-0.25, -0.2) is 0 Å². The second-order valence-electron chi connectivity index (χ2n) is 9.14. The van der Waals surface area contributed by atoms with Crippen LogP contribution in [-0.4, -0.2) is 29.0 Å². The van der Waals surface area contributed by atoms with E-state index in [1.165, 1.54) is 30.3 Å². The van der Waals surface area contributed by atoms with Crippen LogP contribution in [0.1, 0.15) is 50.9 Å². The van der Waals surface area contributed by atoms with Crippen molar-refractivity contribution in [3.63, 3.8) is 0 Å². The van der Waals surface area contributed by atoms with Crippen LogP contribution < -0.4 is 5.73 Å². The van der Waals surface area contributed by atoms with Gasteiger partial charge < -0.3 is 5.73 Å². The van der Waals surface area contributed by atoms with E-state index in [-0.39, 0.29) is 11.5 Å². The Balaban J connectivity index is 1.75. The van der Waals surface area contributed by atoms with Crippen LogP contribution in [0.3, 0.4) is 0 Å². The molecule has 1 aromatic heterocycles. The van der Waals surface area contributed by atoms with E-state index < -0.39 is 0 Å². The lowest BCUT2D eigenvalue weighted by molar-refractivity contribution is 0.00747. The lowest BCUT2D eigenvalue weighted by Gasteiger charge is -2.51. The van der Waals surface area contributed by atoms with Gasteiger partial charge in [0.1, 0.15) is 0 Å². The molecule has 2 bridgehead atoms. The fourth-order valence-electron chi connectivity index (χ4n) is 4.82. The van der Waals surface area contributed by atoms with Gasteiger partial charge in [-0.15, -0.1) is 6.58 Å². The van der Waals surface area contributed by atoms with E-state index in [0.717, 1.165) is 23.7 Å². The molecule has 138 valence electrons. The maximum Gasteiger partial charge on any atom is 0.0708 e. The number of pyridine rings is 1. The molecule has 3 fully saturated rings. The molecule has 0 aliphatic carbocycles.